The zero-order valence-corrected chi connectivity index (χ0v) is 22.5. The molecule has 194 valence electrons. The van der Waals surface area contributed by atoms with E-state index >= 15 is 0 Å². The highest BCUT2D eigenvalue weighted by Crippen LogP contribution is 2.34. The number of carbonyl (C=O) groups excluding carboxylic acids is 1. The van der Waals surface area contributed by atoms with E-state index in [1.165, 1.54) is 12.1 Å². The molecule has 1 fully saturated rings. The third-order valence-electron chi connectivity index (χ3n) is 6.54. The van der Waals surface area contributed by atoms with Crippen molar-refractivity contribution < 1.29 is 22.3 Å². The molecular formula is C27H34FN3O4S. The summed E-state index contributed by atoms with van der Waals surface area (Å²) in [5.74, 6) is -0.367. The first-order chi connectivity index (χ1) is 16.8. The quantitative estimate of drug-likeness (QED) is 0.451. The smallest absolute Gasteiger partial charge is 0.410 e. The number of aryl methyl sites for hydroxylation is 1. The van der Waals surface area contributed by atoms with Crippen molar-refractivity contribution in [3.63, 3.8) is 0 Å². The summed E-state index contributed by atoms with van der Waals surface area (Å²) < 4.78 is 47.8. The van der Waals surface area contributed by atoms with Gasteiger partial charge in [-0.05, 0) is 89.6 Å². The van der Waals surface area contributed by atoms with Crippen molar-refractivity contribution in [2.45, 2.75) is 70.1 Å². The zero-order chi connectivity index (χ0) is 26.4. The highest BCUT2D eigenvalue weighted by molar-refractivity contribution is 7.92. The number of ether oxygens (including phenoxy) is 1. The van der Waals surface area contributed by atoms with Gasteiger partial charge in [0, 0.05) is 30.9 Å². The lowest BCUT2D eigenvalue weighted by atomic mass is 9.97. The molecule has 3 heterocycles. The Labute approximate surface area is 212 Å². The molecule has 1 atom stereocenters. The van der Waals surface area contributed by atoms with Crippen molar-refractivity contribution in [1.29, 1.82) is 0 Å². The van der Waals surface area contributed by atoms with Crippen LogP contribution in [0.3, 0.4) is 0 Å². The number of hydrogen-bond donors (Lipinski definition) is 0. The normalized spacial score (nSPS) is 16.8. The first-order valence-electron chi connectivity index (χ1n) is 12.2. The fraction of sp³-hybridized carbons (Fsp3) is 0.481. The van der Waals surface area contributed by atoms with Gasteiger partial charge in [0.25, 0.3) is 0 Å². The van der Waals surface area contributed by atoms with Crippen LogP contribution in [0.4, 0.5) is 9.18 Å². The number of likely N-dealkylation sites (tertiary alicyclic amines) is 1. The van der Waals surface area contributed by atoms with Crippen LogP contribution in [0.15, 0.2) is 41.7 Å². The molecule has 1 aliphatic rings. The number of amides is 1. The first-order valence-corrected chi connectivity index (χ1v) is 13.8. The van der Waals surface area contributed by atoms with Crippen LogP contribution in [-0.4, -0.2) is 52.9 Å². The second-order valence-corrected chi connectivity index (χ2v) is 13.3. The largest absolute Gasteiger partial charge is 0.444 e. The molecule has 1 saturated heterocycles. The molecule has 0 saturated carbocycles. The Morgan fingerprint density at radius 1 is 1.25 bits per heavy atom. The van der Waals surface area contributed by atoms with Crippen LogP contribution in [0.5, 0.6) is 0 Å². The van der Waals surface area contributed by atoms with Gasteiger partial charge < -0.3 is 14.2 Å². The maximum absolute atomic E-state index is 14.2. The molecule has 1 aliphatic heterocycles. The van der Waals surface area contributed by atoms with E-state index < -0.39 is 26.5 Å². The molecule has 0 bridgehead atoms. The van der Waals surface area contributed by atoms with Gasteiger partial charge in [0.1, 0.15) is 11.4 Å². The second-order valence-electron chi connectivity index (χ2n) is 10.9. The molecule has 0 N–H and O–H groups in total. The van der Waals surface area contributed by atoms with Crippen LogP contribution in [-0.2, 0) is 21.0 Å². The highest BCUT2D eigenvalue weighted by Gasteiger charge is 2.31. The number of rotatable bonds is 5. The topological polar surface area (TPSA) is 81.5 Å². The van der Waals surface area contributed by atoms with E-state index in [1.54, 1.807) is 35.7 Å². The average molecular weight is 516 g/mol. The van der Waals surface area contributed by atoms with Gasteiger partial charge >= 0.3 is 6.09 Å². The van der Waals surface area contributed by atoms with E-state index in [2.05, 4.69) is 4.98 Å². The first kappa shape index (κ1) is 26.1. The monoisotopic (exact) mass is 515 g/mol. The van der Waals surface area contributed by atoms with E-state index in [0.717, 1.165) is 34.5 Å². The van der Waals surface area contributed by atoms with Gasteiger partial charge in [0.2, 0.25) is 0 Å². The van der Waals surface area contributed by atoms with Crippen LogP contribution >= 0.6 is 0 Å². The summed E-state index contributed by atoms with van der Waals surface area (Å²) in [6.07, 6.45) is 6.68. The van der Waals surface area contributed by atoms with E-state index in [1.807, 2.05) is 33.9 Å². The maximum Gasteiger partial charge on any atom is 0.410 e. The van der Waals surface area contributed by atoms with Crippen molar-refractivity contribution in [2.75, 3.05) is 13.1 Å². The lowest BCUT2D eigenvalue weighted by molar-refractivity contribution is 0.0288. The summed E-state index contributed by atoms with van der Waals surface area (Å²) in [5.41, 5.74) is 2.63. The summed E-state index contributed by atoms with van der Waals surface area (Å²) in [6.45, 7) is 11.9. The van der Waals surface area contributed by atoms with Gasteiger partial charge in [-0.2, -0.15) is 0 Å². The fourth-order valence-electron chi connectivity index (χ4n) is 4.77. The number of pyridine rings is 1. The molecule has 0 spiro atoms. The number of nitrogens with zero attached hydrogens (tertiary/aromatic N) is 3. The van der Waals surface area contributed by atoms with E-state index in [-0.39, 0.29) is 16.9 Å². The van der Waals surface area contributed by atoms with Gasteiger partial charge in [-0.25, -0.2) is 17.6 Å². The lowest BCUT2D eigenvalue weighted by Gasteiger charge is -2.24. The molecule has 1 unspecified atom stereocenters. The molecule has 7 nitrogen and oxygen atoms in total. The Kier molecular flexibility index (Phi) is 6.90. The van der Waals surface area contributed by atoms with Gasteiger partial charge in [0.15, 0.2) is 9.84 Å². The summed E-state index contributed by atoms with van der Waals surface area (Å²) >= 11 is 0. The number of hydrogen-bond acceptors (Lipinski definition) is 5. The van der Waals surface area contributed by atoms with Crippen molar-refractivity contribution in [3.8, 4) is 5.69 Å². The number of benzene rings is 1. The van der Waals surface area contributed by atoms with Gasteiger partial charge in [-0.15, -0.1) is 0 Å². The molecule has 4 rings (SSSR count). The van der Waals surface area contributed by atoms with E-state index in [9.17, 15) is 17.6 Å². The summed E-state index contributed by atoms with van der Waals surface area (Å²) in [5, 5.41) is 0.300. The van der Waals surface area contributed by atoms with Crippen molar-refractivity contribution >= 4 is 26.8 Å². The maximum atomic E-state index is 14.2. The molecule has 36 heavy (non-hydrogen) atoms. The molecule has 3 aromatic rings. The van der Waals surface area contributed by atoms with Gasteiger partial charge in [0.05, 0.1) is 27.5 Å². The Balaban J connectivity index is 1.73. The minimum Gasteiger partial charge on any atom is -0.444 e. The minimum absolute atomic E-state index is 0.0422. The van der Waals surface area contributed by atoms with Crippen LogP contribution < -0.4 is 0 Å². The molecule has 9 heteroatoms. The fourth-order valence-corrected chi connectivity index (χ4v) is 6.01. The Morgan fingerprint density at radius 3 is 2.64 bits per heavy atom. The molecule has 1 amide bonds. The average Bonchev–Trinajstić information content (AvgIpc) is 3.38. The predicted molar refractivity (Wildman–Crippen MR) is 138 cm³/mol. The third-order valence-corrected chi connectivity index (χ3v) is 8.72. The molecule has 0 aliphatic carbocycles. The van der Waals surface area contributed by atoms with Crippen LogP contribution in [0.1, 0.15) is 52.2 Å². The van der Waals surface area contributed by atoms with E-state index in [0.29, 0.717) is 25.2 Å². The highest BCUT2D eigenvalue weighted by atomic mass is 32.2. The molecule has 1 aromatic carbocycles. The lowest BCUT2D eigenvalue weighted by Crippen LogP contribution is -2.35. The molecule has 2 aromatic heterocycles. The Morgan fingerprint density at radius 2 is 1.97 bits per heavy atom. The summed E-state index contributed by atoms with van der Waals surface area (Å²) in [6, 6.07) is 3.88. The number of fused-ring (bicyclic) bond motifs is 1. The second kappa shape index (κ2) is 9.50. The van der Waals surface area contributed by atoms with Crippen LogP contribution in [0, 0.1) is 18.7 Å². The molecular weight excluding hydrogens is 481 g/mol. The third kappa shape index (κ3) is 5.12. The van der Waals surface area contributed by atoms with Gasteiger partial charge in [-0.1, -0.05) is 0 Å². The predicted octanol–water partition coefficient (Wildman–Crippen LogP) is 5.45. The van der Waals surface area contributed by atoms with Crippen molar-refractivity contribution in [2.24, 2.45) is 5.92 Å². The van der Waals surface area contributed by atoms with Crippen molar-refractivity contribution in [1.82, 2.24) is 14.5 Å². The SMILES string of the molecule is Cc1cncc2c1c(CC1CCN(C(=O)OC(C)(C)C)C1)cn2-c1ccc(F)cc1S(=O)(=O)C(C)C. The number of aromatic nitrogens is 2. The standard InChI is InChI=1S/C27H34FN3O4S/c1-17(2)36(33,34)24-12-21(28)7-8-22(24)31-16-20(25-18(3)13-29-14-23(25)31)11-19-9-10-30(15-19)26(32)35-27(4,5)6/h7-8,12-14,16-17,19H,9-11,15H2,1-6H3. The summed E-state index contributed by atoms with van der Waals surface area (Å²) in [4.78, 5) is 18.6. The number of halogens is 1. The minimum atomic E-state index is -3.74. The molecule has 0 radical (unpaired) electrons. The van der Waals surface area contributed by atoms with E-state index in [4.69, 9.17) is 4.74 Å². The van der Waals surface area contributed by atoms with Crippen LogP contribution in [0.2, 0.25) is 0 Å². The Hall–Kier alpha value is -2.94. The van der Waals surface area contributed by atoms with Crippen molar-refractivity contribution in [3.05, 3.63) is 53.7 Å². The number of sulfone groups is 1. The zero-order valence-electron chi connectivity index (χ0n) is 21.7. The Bertz CT molecular complexity index is 1410. The number of carbonyl (C=O) groups is 1. The summed E-state index contributed by atoms with van der Waals surface area (Å²) in [7, 11) is -3.74. The van der Waals surface area contributed by atoms with Crippen LogP contribution in [0.25, 0.3) is 16.6 Å². The van der Waals surface area contributed by atoms with Gasteiger partial charge in [-0.3, -0.25) is 4.98 Å².